The number of ether oxygens (including phenoxy) is 6. The third-order valence-corrected chi connectivity index (χ3v) is 4.03. The lowest BCUT2D eigenvalue weighted by Crippen LogP contribution is -2.14. The van der Waals surface area contributed by atoms with Crippen LogP contribution in [0.15, 0.2) is 0 Å². The monoisotopic (exact) mass is 492 g/mol. The van der Waals surface area contributed by atoms with Gasteiger partial charge in [-0.2, -0.15) is 0 Å². The van der Waals surface area contributed by atoms with Crippen LogP contribution in [0.1, 0.15) is 25.7 Å². The third-order valence-electron chi connectivity index (χ3n) is 3.27. The van der Waals surface area contributed by atoms with E-state index in [4.69, 9.17) is 33.5 Å². The van der Waals surface area contributed by atoms with Crippen molar-refractivity contribution < 1.29 is 33.5 Å². The number of hydrogen-bond donors (Lipinski definition) is 1. The molecule has 0 heterocycles. The summed E-state index contributed by atoms with van der Waals surface area (Å²) in [5.74, 6) is 0. The standard InChI is InChI=1S/C18H37IO7/c19-5-3-1-2-4-7-21-9-11-23-13-15-25-17-18-26-16-14-24-12-10-22-8-6-20/h20H,1-18H2. The molecule has 0 rings (SSSR count). The molecule has 0 aromatic rings. The van der Waals surface area contributed by atoms with Gasteiger partial charge in [0.15, 0.2) is 0 Å². The fourth-order valence-corrected chi connectivity index (χ4v) is 2.46. The zero-order valence-corrected chi connectivity index (χ0v) is 18.2. The van der Waals surface area contributed by atoms with Gasteiger partial charge in [0.1, 0.15) is 0 Å². The van der Waals surface area contributed by atoms with Gasteiger partial charge in [0, 0.05) is 6.61 Å². The fourth-order valence-electron chi connectivity index (χ4n) is 1.92. The Kier molecular flexibility index (Phi) is 25.9. The Morgan fingerprint density at radius 2 is 0.769 bits per heavy atom. The molecule has 7 nitrogen and oxygen atoms in total. The minimum Gasteiger partial charge on any atom is -0.394 e. The average molecular weight is 492 g/mol. The Balaban J connectivity index is 2.95. The van der Waals surface area contributed by atoms with E-state index in [1.807, 2.05) is 0 Å². The smallest absolute Gasteiger partial charge is 0.0701 e. The molecule has 0 unspecified atom stereocenters. The predicted molar refractivity (Wildman–Crippen MR) is 109 cm³/mol. The lowest BCUT2D eigenvalue weighted by atomic mass is 10.2. The molecule has 0 fully saturated rings. The lowest BCUT2D eigenvalue weighted by Gasteiger charge is -2.08. The summed E-state index contributed by atoms with van der Waals surface area (Å²) in [5.41, 5.74) is 0. The van der Waals surface area contributed by atoms with Gasteiger partial charge in [0.25, 0.3) is 0 Å². The first kappa shape index (κ1) is 26.4. The summed E-state index contributed by atoms with van der Waals surface area (Å²) in [6.07, 6.45) is 5.01. The van der Waals surface area contributed by atoms with Gasteiger partial charge in [0.05, 0.1) is 79.3 Å². The van der Waals surface area contributed by atoms with E-state index in [2.05, 4.69) is 22.6 Å². The van der Waals surface area contributed by atoms with Crippen molar-refractivity contribution in [3.63, 3.8) is 0 Å². The minimum atomic E-state index is 0.0426. The quantitative estimate of drug-likeness (QED) is 0.133. The number of aliphatic hydroxyl groups is 1. The van der Waals surface area contributed by atoms with E-state index < -0.39 is 0 Å². The van der Waals surface area contributed by atoms with E-state index in [-0.39, 0.29) is 6.61 Å². The maximum absolute atomic E-state index is 8.52. The molecular formula is C18H37IO7. The average Bonchev–Trinajstić information content (AvgIpc) is 2.66. The summed E-state index contributed by atoms with van der Waals surface area (Å²) in [6, 6.07) is 0. The molecule has 0 amide bonds. The second-order valence-corrected chi connectivity index (χ2v) is 6.58. The largest absolute Gasteiger partial charge is 0.394 e. The third kappa shape index (κ3) is 24.5. The first-order valence-electron chi connectivity index (χ1n) is 9.55. The molecule has 8 heteroatoms. The summed E-state index contributed by atoms with van der Waals surface area (Å²) >= 11 is 2.42. The van der Waals surface area contributed by atoms with E-state index in [1.165, 1.54) is 23.7 Å². The summed E-state index contributed by atoms with van der Waals surface area (Å²) < 4.78 is 33.4. The van der Waals surface area contributed by atoms with Crippen molar-refractivity contribution in [3.05, 3.63) is 0 Å². The highest BCUT2D eigenvalue weighted by Crippen LogP contribution is 2.02. The molecule has 0 aromatic heterocycles. The van der Waals surface area contributed by atoms with E-state index in [1.54, 1.807) is 0 Å². The van der Waals surface area contributed by atoms with Gasteiger partial charge in [-0.1, -0.05) is 35.4 Å². The molecule has 0 bridgehead atoms. The van der Waals surface area contributed by atoms with Gasteiger partial charge in [-0.3, -0.25) is 0 Å². The highest BCUT2D eigenvalue weighted by Gasteiger charge is 1.94. The van der Waals surface area contributed by atoms with Crippen LogP contribution in [0.2, 0.25) is 0 Å². The molecule has 0 saturated carbocycles. The molecule has 0 atom stereocenters. The Morgan fingerprint density at radius 1 is 0.423 bits per heavy atom. The van der Waals surface area contributed by atoms with Crippen LogP contribution in [0.25, 0.3) is 0 Å². The van der Waals surface area contributed by atoms with Gasteiger partial charge in [-0.05, 0) is 17.3 Å². The summed E-state index contributed by atoms with van der Waals surface area (Å²) in [5, 5.41) is 8.52. The van der Waals surface area contributed by atoms with Crippen LogP contribution in [-0.4, -0.2) is 95.4 Å². The van der Waals surface area contributed by atoms with Gasteiger partial charge >= 0.3 is 0 Å². The van der Waals surface area contributed by atoms with Crippen molar-refractivity contribution in [1.29, 1.82) is 0 Å². The maximum Gasteiger partial charge on any atom is 0.0701 e. The van der Waals surface area contributed by atoms with Crippen molar-refractivity contribution in [3.8, 4) is 0 Å². The molecule has 1 N–H and O–H groups in total. The van der Waals surface area contributed by atoms with Crippen LogP contribution in [0.5, 0.6) is 0 Å². The van der Waals surface area contributed by atoms with E-state index in [0.29, 0.717) is 72.7 Å². The normalized spacial score (nSPS) is 11.3. The molecule has 0 aliphatic rings. The number of alkyl halides is 1. The molecular weight excluding hydrogens is 455 g/mol. The minimum absolute atomic E-state index is 0.0426. The van der Waals surface area contributed by atoms with Crippen LogP contribution < -0.4 is 0 Å². The second kappa shape index (κ2) is 25.4. The number of rotatable bonds is 23. The van der Waals surface area contributed by atoms with Crippen LogP contribution in [0, 0.1) is 0 Å². The number of unbranched alkanes of at least 4 members (excludes halogenated alkanes) is 3. The molecule has 0 saturated heterocycles. The molecule has 158 valence electrons. The number of halogens is 1. The summed E-state index contributed by atoms with van der Waals surface area (Å²) in [7, 11) is 0. The summed E-state index contributed by atoms with van der Waals surface area (Å²) in [4.78, 5) is 0. The predicted octanol–water partition coefficient (Wildman–Crippen LogP) is 2.07. The van der Waals surface area contributed by atoms with Gasteiger partial charge in [0.2, 0.25) is 0 Å². The van der Waals surface area contributed by atoms with Crippen molar-refractivity contribution in [2.45, 2.75) is 25.7 Å². The van der Waals surface area contributed by atoms with Crippen molar-refractivity contribution in [2.75, 3.05) is 90.3 Å². The van der Waals surface area contributed by atoms with Gasteiger partial charge in [-0.15, -0.1) is 0 Å². The first-order chi connectivity index (χ1) is 12.9. The zero-order chi connectivity index (χ0) is 19.0. The molecule has 0 aromatic carbocycles. The zero-order valence-electron chi connectivity index (χ0n) is 16.0. The van der Waals surface area contributed by atoms with Crippen molar-refractivity contribution in [1.82, 2.24) is 0 Å². The van der Waals surface area contributed by atoms with Crippen molar-refractivity contribution >= 4 is 22.6 Å². The van der Waals surface area contributed by atoms with Crippen LogP contribution in [0.3, 0.4) is 0 Å². The first-order valence-corrected chi connectivity index (χ1v) is 11.1. The molecule has 0 aliphatic heterocycles. The number of hydrogen-bond acceptors (Lipinski definition) is 7. The molecule has 0 aliphatic carbocycles. The Bertz CT molecular complexity index is 224. The van der Waals surface area contributed by atoms with Gasteiger partial charge in [-0.25, -0.2) is 0 Å². The van der Waals surface area contributed by atoms with Crippen LogP contribution in [0.4, 0.5) is 0 Å². The van der Waals surface area contributed by atoms with Crippen molar-refractivity contribution in [2.24, 2.45) is 0 Å². The summed E-state index contributed by atoms with van der Waals surface area (Å²) in [6.45, 7) is 6.82. The lowest BCUT2D eigenvalue weighted by molar-refractivity contribution is -0.0182. The molecule has 0 spiro atoms. The Hall–Kier alpha value is 0.450. The van der Waals surface area contributed by atoms with E-state index in [0.717, 1.165) is 13.0 Å². The van der Waals surface area contributed by atoms with E-state index in [9.17, 15) is 0 Å². The van der Waals surface area contributed by atoms with Crippen LogP contribution >= 0.6 is 22.6 Å². The fraction of sp³-hybridized carbons (Fsp3) is 1.00. The van der Waals surface area contributed by atoms with Crippen LogP contribution in [-0.2, 0) is 28.4 Å². The highest BCUT2D eigenvalue weighted by molar-refractivity contribution is 14.1. The molecule has 26 heavy (non-hydrogen) atoms. The van der Waals surface area contributed by atoms with Gasteiger partial charge < -0.3 is 33.5 Å². The van der Waals surface area contributed by atoms with E-state index >= 15 is 0 Å². The molecule has 0 radical (unpaired) electrons. The Labute approximate surface area is 172 Å². The second-order valence-electron chi connectivity index (χ2n) is 5.50. The maximum atomic E-state index is 8.52. The highest BCUT2D eigenvalue weighted by atomic mass is 127. The topological polar surface area (TPSA) is 75.6 Å². The number of aliphatic hydroxyl groups excluding tert-OH is 1. The Morgan fingerprint density at radius 3 is 1.15 bits per heavy atom. The SMILES string of the molecule is OCCOCCOCCOCCOCCOCCOCCCCCCI.